The van der Waals surface area contributed by atoms with E-state index in [0.717, 1.165) is 43.6 Å². The first-order valence-electron chi connectivity index (χ1n) is 8.51. The van der Waals surface area contributed by atoms with Crippen LogP contribution in [0.15, 0.2) is 24.3 Å². The molecule has 0 aliphatic rings. The lowest BCUT2D eigenvalue weighted by atomic mass is 10.1. The van der Waals surface area contributed by atoms with E-state index >= 15 is 0 Å². The summed E-state index contributed by atoms with van der Waals surface area (Å²) in [6.45, 7) is 10.6. The normalized spacial score (nSPS) is 11.2. The maximum atomic E-state index is 12.5. The number of nitrogens with zero attached hydrogens (tertiary/aromatic N) is 1. The molecule has 0 saturated heterocycles. The zero-order chi connectivity index (χ0) is 16.5. The van der Waals surface area contributed by atoms with Gasteiger partial charge in [0, 0.05) is 25.2 Å². The van der Waals surface area contributed by atoms with Crippen LogP contribution < -0.4 is 5.73 Å². The van der Waals surface area contributed by atoms with Crippen molar-refractivity contribution in [1.29, 1.82) is 0 Å². The molecule has 0 heterocycles. The van der Waals surface area contributed by atoms with Gasteiger partial charge in [-0.3, -0.25) is 4.79 Å². The molecule has 1 aromatic rings. The molecular formula is C19H32N2O. The van der Waals surface area contributed by atoms with Crippen molar-refractivity contribution in [2.45, 2.75) is 53.4 Å². The molecule has 0 aliphatic heterocycles. The molecule has 3 heteroatoms. The Morgan fingerprint density at radius 3 is 2.09 bits per heavy atom. The van der Waals surface area contributed by atoms with E-state index in [9.17, 15) is 4.79 Å². The fraction of sp³-hybridized carbons (Fsp3) is 0.632. The van der Waals surface area contributed by atoms with Crippen LogP contribution in [0.5, 0.6) is 0 Å². The summed E-state index contributed by atoms with van der Waals surface area (Å²) in [5.41, 5.74) is 7.81. The van der Waals surface area contributed by atoms with E-state index in [0.29, 0.717) is 18.3 Å². The smallest absolute Gasteiger partial charge is 0.222 e. The second-order valence-electron chi connectivity index (χ2n) is 6.94. The highest BCUT2D eigenvalue weighted by atomic mass is 16.2. The third-order valence-corrected chi connectivity index (χ3v) is 3.97. The third kappa shape index (κ3) is 6.97. The zero-order valence-electron chi connectivity index (χ0n) is 14.6. The first-order chi connectivity index (χ1) is 10.4. The SMILES string of the molecule is CC(C)CCN(CCC(C)C)C(=O)CCc1ccccc1N. The molecule has 22 heavy (non-hydrogen) atoms. The Morgan fingerprint density at radius 2 is 1.59 bits per heavy atom. The van der Waals surface area contributed by atoms with Gasteiger partial charge in [0.2, 0.25) is 5.91 Å². The standard InChI is InChI=1S/C19H32N2O/c1-15(2)11-13-21(14-12-16(3)4)19(22)10-9-17-7-5-6-8-18(17)20/h5-8,15-16H,9-14,20H2,1-4H3. The van der Waals surface area contributed by atoms with Gasteiger partial charge in [-0.1, -0.05) is 45.9 Å². The van der Waals surface area contributed by atoms with Crippen LogP contribution in [0.1, 0.15) is 52.5 Å². The van der Waals surface area contributed by atoms with E-state index in [1.807, 2.05) is 29.2 Å². The van der Waals surface area contributed by atoms with Crippen LogP contribution in [0.25, 0.3) is 0 Å². The van der Waals surface area contributed by atoms with Crippen molar-refractivity contribution in [2.75, 3.05) is 18.8 Å². The maximum absolute atomic E-state index is 12.5. The zero-order valence-corrected chi connectivity index (χ0v) is 14.6. The van der Waals surface area contributed by atoms with E-state index in [1.165, 1.54) is 0 Å². The van der Waals surface area contributed by atoms with Gasteiger partial charge in [-0.15, -0.1) is 0 Å². The largest absolute Gasteiger partial charge is 0.399 e. The number of hydrogen-bond donors (Lipinski definition) is 1. The van der Waals surface area contributed by atoms with Gasteiger partial charge in [0.25, 0.3) is 0 Å². The number of rotatable bonds is 9. The first-order valence-corrected chi connectivity index (χ1v) is 8.51. The number of aryl methyl sites for hydroxylation is 1. The van der Waals surface area contributed by atoms with Crippen LogP contribution in [0.4, 0.5) is 5.69 Å². The lowest BCUT2D eigenvalue weighted by molar-refractivity contribution is -0.131. The Kier molecular flexibility index (Phi) is 8.00. The number of hydrogen-bond acceptors (Lipinski definition) is 2. The summed E-state index contributed by atoms with van der Waals surface area (Å²) in [6.07, 6.45) is 3.41. The molecule has 0 aliphatic carbocycles. The topological polar surface area (TPSA) is 46.3 Å². The summed E-state index contributed by atoms with van der Waals surface area (Å²) in [5.74, 6) is 1.50. The average molecular weight is 304 g/mol. The minimum absolute atomic E-state index is 0.254. The van der Waals surface area contributed by atoms with Gasteiger partial charge in [0.05, 0.1) is 0 Å². The molecule has 0 spiro atoms. The van der Waals surface area contributed by atoms with Gasteiger partial charge < -0.3 is 10.6 Å². The molecule has 3 nitrogen and oxygen atoms in total. The van der Waals surface area contributed by atoms with Crippen molar-refractivity contribution in [2.24, 2.45) is 11.8 Å². The second kappa shape index (κ2) is 9.50. The summed E-state index contributed by atoms with van der Waals surface area (Å²) in [5, 5.41) is 0. The number of anilines is 1. The fourth-order valence-corrected chi connectivity index (χ4v) is 2.35. The molecule has 0 fully saturated rings. The molecule has 0 radical (unpaired) electrons. The van der Waals surface area contributed by atoms with E-state index in [-0.39, 0.29) is 5.91 Å². The molecule has 0 unspecified atom stereocenters. The van der Waals surface area contributed by atoms with Crippen LogP contribution in [0.2, 0.25) is 0 Å². The predicted molar refractivity (Wildman–Crippen MR) is 94.7 cm³/mol. The number of para-hydroxylation sites is 1. The minimum Gasteiger partial charge on any atom is -0.399 e. The van der Waals surface area contributed by atoms with Gasteiger partial charge >= 0.3 is 0 Å². The highest BCUT2D eigenvalue weighted by Gasteiger charge is 2.14. The van der Waals surface area contributed by atoms with Crippen LogP contribution in [0, 0.1) is 11.8 Å². The molecule has 1 rings (SSSR count). The van der Waals surface area contributed by atoms with E-state index < -0.39 is 0 Å². The Bertz CT molecular complexity index is 443. The molecule has 1 aromatic carbocycles. The van der Waals surface area contributed by atoms with Gasteiger partial charge in [0.1, 0.15) is 0 Å². The van der Waals surface area contributed by atoms with Crippen molar-refractivity contribution < 1.29 is 4.79 Å². The van der Waals surface area contributed by atoms with Crippen LogP contribution in [0.3, 0.4) is 0 Å². The molecule has 2 N–H and O–H groups in total. The first kappa shape index (κ1) is 18.5. The van der Waals surface area contributed by atoms with Crippen molar-refractivity contribution in [1.82, 2.24) is 4.90 Å². The minimum atomic E-state index is 0.254. The summed E-state index contributed by atoms with van der Waals surface area (Å²) in [7, 11) is 0. The summed E-state index contributed by atoms with van der Waals surface area (Å²) >= 11 is 0. The Labute approximate surface area is 135 Å². The molecular weight excluding hydrogens is 272 g/mol. The number of benzene rings is 1. The highest BCUT2D eigenvalue weighted by molar-refractivity contribution is 5.76. The summed E-state index contributed by atoms with van der Waals surface area (Å²) < 4.78 is 0. The van der Waals surface area contributed by atoms with Crippen molar-refractivity contribution in [3.05, 3.63) is 29.8 Å². The van der Waals surface area contributed by atoms with Gasteiger partial charge in [-0.25, -0.2) is 0 Å². The van der Waals surface area contributed by atoms with Crippen molar-refractivity contribution in [3.8, 4) is 0 Å². The van der Waals surface area contributed by atoms with Crippen LogP contribution in [-0.2, 0) is 11.2 Å². The van der Waals surface area contributed by atoms with Gasteiger partial charge in [-0.05, 0) is 42.7 Å². The van der Waals surface area contributed by atoms with Crippen LogP contribution >= 0.6 is 0 Å². The monoisotopic (exact) mass is 304 g/mol. The lowest BCUT2D eigenvalue weighted by Crippen LogP contribution is -2.34. The molecule has 0 saturated carbocycles. The maximum Gasteiger partial charge on any atom is 0.222 e. The quantitative estimate of drug-likeness (QED) is 0.697. The Hall–Kier alpha value is -1.51. The van der Waals surface area contributed by atoms with Gasteiger partial charge in [0.15, 0.2) is 0 Å². The van der Waals surface area contributed by atoms with E-state index in [1.54, 1.807) is 0 Å². The summed E-state index contributed by atoms with van der Waals surface area (Å²) in [4.78, 5) is 14.6. The van der Waals surface area contributed by atoms with Crippen molar-refractivity contribution in [3.63, 3.8) is 0 Å². The van der Waals surface area contributed by atoms with E-state index in [4.69, 9.17) is 5.73 Å². The molecule has 0 aromatic heterocycles. The number of carbonyl (C=O) groups excluding carboxylic acids is 1. The van der Waals surface area contributed by atoms with Gasteiger partial charge in [-0.2, -0.15) is 0 Å². The number of nitrogen functional groups attached to an aromatic ring is 1. The Balaban J connectivity index is 2.56. The van der Waals surface area contributed by atoms with Crippen LogP contribution in [-0.4, -0.2) is 23.9 Å². The predicted octanol–water partition coefficient (Wildman–Crippen LogP) is 4.12. The van der Waals surface area contributed by atoms with Crippen molar-refractivity contribution >= 4 is 11.6 Å². The molecule has 1 amide bonds. The third-order valence-electron chi connectivity index (χ3n) is 3.97. The second-order valence-corrected chi connectivity index (χ2v) is 6.94. The molecule has 0 bridgehead atoms. The number of nitrogens with two attached hydrogens (primary N) is 1. The fourth-order valence-electron chi connectivity index (χ4n) is 2.35. The number of amides is 1. The molecule has 0 atom stereocenters. The highest BCUT2D eigenvalue weighted by Crippen LogP contribution is 2.14. The van der Waals surface area contributed by atoms with E-state index in [2.05, 4.69) is 27.7 Å². The Morgan fingerprint density at radius 1 is 1.05 bits per heavy atom. The molecule has 124 valence electrons. The summed E-state index contributed by atoms with van der Waals surface area (Å²) in [6, 6.07) is 7.81. The lowest BCUT2D eigenvalue weighted by Gasteiger charge is -2.24. The number of carbonyl (C=O) groups is 1. The average Bonchev–Trinajstić information content (AvgIpc) is 2.45.